The second kappa shape index (κ2) is 3.33. The highest BCUT2D eigenvalue weighted by molar-refractivity contribution is 7.16. The largest absolute Gasteiger partial charge is 0.359 e. The standard InChI is InChI=1S/C14H14N2S/c1-8-2-3-9-7-12-13(11(9)6-8)16-14(17-12)15-10-4-5-10/h2-3,6,10H,4-5,7H2,1H3,(H,15,16). The summed E-state index contributed by atoms with van der Waals surface area (Å²) in [5, 5.41) is 4.61. The van der Waals surface area contributed by atoms with Crippen LogP contribution in [0.5, 0.6) is 0 Å². The van der Waals surface area contributed by atoms with Crippen molar-refractivity contribution >= 4 is 16.5 Å². The van der Waals surface area contributed by atoms with Gasteiger partial charge in [-0.2, -0.15) is 0 Å². The molecule has 4 rings (SSSR count). The molecule has 2 aliphatic rings. The molecule has 17 heavy (non-hydrogen) atoms. The van der Waals surface area contributed by atoms with Crippen molar-refractivity contribution in [2.45, 2.75) is 32.2 Å². The van der Waals surface area contributed by atoms with Crippen LogP contribution in [0.2, 0.25) is 0 Å². The molecule has 0 spiro atoms. The van der Waals surface area contributed by atoms with Gasteiger partial charge in [0.05, 0.1) is 5.69 Å². The highest BCUT2D eigenvalue weighted by atomic mass is 32.1. The van der Waals surface area contributed by atoms with Crippen molar-refractivity contribution in [2.24, 2.45) is 0 Å². The highest BCUT2D eigenvalue weighted by Crippen LogP contribution is 2.42. The minimum absolute atomic E-state index is 0.693. The van der Waals surface area contributed by atoms with Gasteiger partial charge < -0.3 is 5.32 Å². The first-order valence-electron chi connectivity index (χ1n) is 6.16. The molecule has 0 saturated heterocycles. The van der Waals surface area contributed by atoms with E-state index >= 15 is 0 Å². The summed E-state index contributed by atoms with van der Waals surface area (Å²) in [5.74, 6) is 0. The number of nitrogens with zero attached hydrogens (tertiary/aromatic N) is 1. The van der Waals surface area contributed by atoms with E-state index in [4.69, 9.17) is 4.98 Å². The zero-order valence-electron chi connectivity index (χ0n) is 9.79. The summed E-state index contributed by atoms with van der Waals surface area (Å²) in [6, 6.07) is 7.39. The van der Waals surface area contributed by atoms with E-state index in [0.29, 0.717) is 6.04 Å². The van der Waals surface area contributed by atoms with Crippen LogP contribution >= 0.6 is 11.3 Å². The molecule has 1 aromatic heterocycles. The van der Waals surface area contributed by atoms with Gasteiger partial charge >= 0.3 is 0 Å². The fourth-order valence-corrected chi connectivity index (χ4v) is 3.46. The monoisotopic (exact) mass is 242 g/mol. The number of aromatic nitrogens is 1. The molecular weight excluding hydrogens is 228 g/mol. The summed E-state index contributed by atoms with van der Waals surface area (Å²) in [4.78, 5) is 6.19. The first-order valence-corrected chi connectivity index (χ1v) is 6.97. The molecule has 1 aromatic carbocycles. The summed E-state index contributed by atoms with van der Waals surface area (Å²) in [5.41, 5.74) is 5.32. The van der Waals surface area contributed by atoms with Crippen molar-refractivity contribution in [2.75, 3.05) is 5.32 Å². The predicted octanol–water partition coefficient (Wildman–Crippen LogP) is 3.60. The fraction of sp³-hybridized carbons (Fsp3) is 0.357. The Morgan fingerprint density at radius 3 is 3.06 bits per heavy atom. The molecule has 0 bridgehead atoms. The van der Waals surface area contributed by atoms with E-state index < -0.39 is 0 Å². The number of anilines is 1. The minimum Gasteiger partial charge on any atom is -0.359 e. The van der Waals surface area contributed by atoms with E-state index in [1.54, 1.807) is 0 Å². The normalized spacial score (nSPS) is 16.8. The maximum atomic E-state index is 4.76. The third kappa shape index (κ3) is 1.57. The molecule has 0 radical (unpaired) electrons. The second-order valence-corrected chi connectivity index (χ2v) is 6.13. The van der Waals surface area contributed by atoms with E-state index in [9.17, 15) is 0 Å². The molecule has 2 aliphatic carbocycles. The van der Waals surface area contributed by atoms with Gasteiger partial charge in [0, 0.05) is 22.9 Å². The summed E-state index contributed by atoms with van der Waals surface area (Å²) in [6.45, 7) is 2.15. The van der Waals surface area contributed by atoms with Gasteiger partial charge in [-0.15, -0.1) is 11.3 Å². The quantitative estimate of drug-likeness (QED) is 0.742. The van der Waals surface area contributed by atoms with Crippen molar-refractivity contribution in [3.8, 4) is 11.3 Å². The zero-order chi connectivity index (χ0) is 11.4. The smallest absolute Gasteiger partial charge is 0.183 e. The molecule has 86 valence electrons. The number of thiazole rings is 1. The molecule has 2 aromatic rings. The molecule has 2 nitrogen and oxygen atoms in total. The third-order valence-electron chi connectivity index (χ3n) is 3.47. The average molecular weight is 242 g/mol. The van der Waals surface area contributed by atoms with Crippen LogP contribution in [0.1, 0.15) is 28.8 Å². The molecule has 0 amide bonds. The van der Waals surface area contributed by atoms with E-state index in [1.807, 2.05) is 11.3 Å². The SMILES string of the molecule is Cc1ccc2c(c1)-c1nc(NC3CC3)sc1C2. The number of hydrogen-bond donors (Lipinski definition) is 1. The lowest BCUT2D eigenvalue weighted by molar-refractivity contribution is 1.14. The minimum atomic E-state index is 0.693. The van der Waals surface area contributed by atoms with Gasteiger partial charge in [0.2, 0.25) is 0 Å². The molecule has 1 heterocycles. The van der Waals surface area contributed by atoms with Crippen molar-refractivity contribution in [1.82, 2.24) is 4.98 Å². The first-order chi connectivity index (χ1) is 8.29. The van der Waals surface area contributed by atoms with Gasteiger partial charge in [0.25, 0.3) is 0 Å². The lowest BCUT2D eigenvalue weighted by atomic mass is 10.1. The number of benzene rings is 1. The molecule has 0 unspecified atom stereocenters. The maximum Gasteiger partial charge on any atom is 0.183 e. The highest BCUT2D eigenvalue weighted by Gasteiger charge is 2.26. The van der Waals surface area contributed by atoms with Crippen molar-refractivity contribution in [1.29, 1.82) is 0 Å². The van der Waals surface area contributed by atoms with Gasteiger partial charge in [-0.3, -0.25) is 0 Å². The number of nitrogens with one attached hydrogen (secondary N) is 1. The second-order valence-electron chi connectivity index (χ2n) is 5.05. The first kappa shape index (κ1) is 9.66. The number of aryl methyl sites for hydroxylation is 1. The number of rotatable bonds is 2. The Morgan fingerprint density at radius 1 is 1.35 bits per heavy atom. The molecular formula is C14H14N2S. The lowest BCUT2D eigenvalue weighted by Gasteiger charge is -2.01. The van der Waals surface area contributed by atoms with Crippen LogP contribution in [-0.4, -0.2) is 11.0 Å². The molecule has 0 aliphatic heterocycles. The maximum absolute atomic E-state index is 4.76. The van der Waals surface area contributed by atoms with Crippen LogP contribution in [0, 0.1) is 6.92 Å². The van der Waals surface area contributed by atoms with Crippen molar-refractivity contribution in [3.05, 3.63) is 34.2 Å². The summed E-state index contributed by atoms with van der Waals surface area (Å²) in [6.07, 6.45) is 3.68. The predicted molar refractivity (Wildman–Crippen MR) is 71.7 cm³/mol. The Labute approximate surface area is 105 Å². The fourth-order valence-electron chi connectivity index (χ4n) is 2.38. The molecule has 1 saturated carbocycles. The Morgan fingerprint density at radius 2 is 2.24 bits per heavy atom. The molecule has 1 fully saturated rings. The molecule has 1 N–H and O–H groups in total. The summed E-state index contributed by atoms with van der Waals surface area (Å²) >= 11 is 1.83. The van der Waals surface area contributed by atoms with E-state index in [2.05, 4.69) is 30.4 Å². The van der Waals surface area contributed by atoms with Crippen LogP contribution in [0.4, 0.5) is 5.13 Å². The number of fused-ring (bicyclic) bond motifs is 3. The van der Waals surface area contributed by atoms with Crippen LogP contribution in [0.3, 0.4) is 0 Å². The van der Waals surface area contributed by atoms with Gasteiger partial charge in [0.1, 0.15) is 0 Å². The van der Waals surface area contributed by atoms with Crippen molar-refractivity contribution in [3.63, 3.8) is 0 Å². The van der Waals surface area contributed by atoms with Gasteiger partial charge in [0.15, 0.2) is 5.13 Å². The van der Waals surface area contributed by atoms with E-state index in [-0.39, 0.29) is 0 Å². The summed E-state index contributed by atoms with van der Waals surface area (Å²) in [7, 11) is 0. The van der Waals surface area contributed by atoms with E-state index in [0.717, 1.165) is 11.6 Å². The molecule has 0 atom stereocenters. The Hall–Kier alpha value is -1.35. The van der Waals surface area contributed by atoms with Crippen LogP contribution in [0.25, 0.3) is 11.3 Å². The third-order valence-corrected chi connectivity index (χ3v) is 4.46. The Balaban J connectivity index is 1.76. The summed E-state index contributed by atoms with van der Waals surface area (Å²) < 4.78 is 0. The van der Waals surface area contributed by atoms with Gasteiger partial charge in [-0.25, -0.2) is 4.98 Å². The van der Waals surface area contributed by atoms with E-state index in [1.165, 1.54) is 40.1 Å². The average Bonchev–Trinajstić information content (AvgIpc) is 2.92. The van der Waals surface area contributed by atoms with Gasteiger partial charge in [-0.1, -0.05) is 17.7 Å². The Bertz CT molecular complexity index is 596. The zero-order valence-corrected chi connectivity index (χ0v) is 10.6. The van der Waals surface area contributed by atoms with Crippen molar-refractivity contribution < 1.29 is 0 Å². The topological polar surface area (TPSA) is 24.9 Å². The molecule has 3 heteroatoms. The van der Waals surface area contributed by atoms with Crippen LogP contribution < -0.4 is 5.32 Å². The van der Waals surface area contributed by atoms with Gasteiger partial charge in [-0.05, 0) is 31.4 Å². The van der Waals surface area contributed by atoms with Crippen LogP contribution in [0.15, 0.2) is 18.2 Å². The Kier molecular flexibility index (Phi) is 1.89. The van der Waals surface area contributed by atoms with Crippen LogP contribution in [-0.2, 0) is 6.42 Å². The number of hydrogen-bond acceptors (Lipinski definition) is 3. The lowest BCUT2D eigenvalue weighted by Crippen LogP contribution is -1.99.